The van der Waals surface area contributed by atoms with Crippen LogP contribution in [-0.4, -0.2) is 22.4 Å². The summed E-state index contributed by atoms with van der Waals surface area (Å²) in [6.45, 7) is 0. The predicted molar refractivity (Wildman–Crippen MR) is 106 cm³/mol. The molecule has 136 valence electrons. The zero-order valence-corrected chi connectivity index (χ0v) is 16.3. The highest BCUT2D eigenvalue weighted by Crippen LogP contribution is 2.33. The number of thioether (sulfide) groups is 1. The van der Waals surface area contributed by atoms with Crippen molar-refractivity contribution in [2.75, 3.05) is 0 Å². The Morgan fingerprint density at radius 2 is 1.54 bits per heavy atom. The van der Waals surface area contributed by atoms with Gasteiger partial charge in [0.1, 0.15) is 6.10 Å². The third kappa shape index (κ3) is 5.03. The van der Waals surface area contributed by atoms with Gasteiger partial charge in [-0.15, -0.1) is 0 Å². The summed E-state index contributed by atoms with van der Waals surface area (Å²) >= 11 is 13.1. The molecule has 1 aliphatic rings. The van der Waals surface area contributed by atoms with Crippen molar-refractivity contribution >= 4 is 46.0 Å². The number of hydrogen-bond donors (Lipinski definition) is 0. The van der Waals surface area contributed by atoms with Crippen molar-refractivity contribution in [3.63, 3.8) is 0 Å². The summed E-state index contributed by atoms with van der Waals surface area (Å²) in [5, 5.41) is 0.913. The molecule has 3 nitrogen and oxygen atoms in total. The molecule has 1 fully saturated rings. The molecule has 6 heteroatoms. The van der Waals surface area contributed by atoms with E-state index in [1.54, 1.807) is 48.5 Å². The topological polar surface area (TPSA) is 43.4 Å². The van der Waals surface area contributed by atoms with Crippen LogP contribution in [0.1, 0.15) is 46.4 Å². The zero-order chi connectivity index (χ0) is 18.5. The minimum atomic E-state index is -0.403. The molecule has 0 heterocycles. The van der Waals surface area contributed by atoms with Crippen LogP contribution < -0.4 is 0 Å². The van der Waals surface area contributed by atoms with Crippen LogP contribution in [0.25, 0.3) is 0 Å². The Bertz CT molecular complexity index is 742. The molecule has 1 saturated carbocycles. The van der Waals surface area contributed by atoms with Crippen LogP contribution in [0.2, 0.25) is 10.0 Å². The van der Waals surface area contributed by atoms with Crippen LogP contribution in [-0.2, 0) is 4.74 Å². The average Bonchev–Trinajstić information content (AvgIpc) is 2.63. The zero-order valence-electron chi connectivity index (χ0n) is 14.0. The monoisotopic (exact) mass is 408 g/mol. The van der Waals surface area contributed by atoms with Crippen molar-refractivity contribution in [1.82, 2.24) is 0 Å². The number of esters is 1. The first-order valence-corrected chi connectivity index (χ1v) is 10.1. The lowest BCUT2D eigenvalue weighted by Gasteiger charge is -2.30. The second kappa shape index (κ2) is 8.94. The van der Waals surface area contributed by atoms with Gasteiger partial charge < -0.3 is 4.74 Å². The van der Waals surface area contributed by atoms with Gasteiger partial charge in [0.15, 0.2) is 0 Å². The number of ether oxygens (including phenoxy) is 1. The molecule has 2 aromatic carbocycles. The molecule has 3 rings (SSSR count). The number of carbonyl (C=O) groups excluding carboxylic acids is 2. The fraction of sp³-hybridized carbons (Fsp3) is 0.300. The molecule has 26 heavy (non-hydrogen) atoms. The SMILES string of the molecule is O=C(OC1CCCCC1SC(=O)c1cccc(Cl)c1)c1cccc(Cl)c1. The highest BCUT2D eigenvalue weighted by molar-refractivity contribution is 8.14. The smallest absolute Gasteiger partial charge is 0.338 e. The molecule has 2 atom stereocenters. The largest absolute Gasteiger partial charge is 0.458 e. The van der Waals surface area contributed by atoms with Gasteiger partial charge in [0.25, 0.3) is 0 Å². The van der Waals surface area contributed by atoms with E-state index in [1.165, 1.54) is 11.8 Å². The van der Waals surface area contributed by atoms with E-state index in [-0.39, 0.29) is 16.5 Å². The normalized spacial score (nSPS) is 19.8. The van der Waals surface area contributed by atoms with E-state index in [9.17, 15) is 9.59 Å². The summed E-state index contributed by atoms with van der Waals surface area (Å²) in [6, 6.07) is 13.6. The van der Waals surface area contributed by atoms with Gasteiger partial charge in [-0.05, 0) is 49.6 Å². The second-order valence-corrected chi connectivity index (χ2v) is 8.28. The standard InChI is InChI=1S/C20H18Cl2O3S/c21-15-7-3-5-13(11-15)19(23)25-17-9-1-2-10-18(17)26-20(24)14-6-4-8-16(22)12-14/h3-8,11-12,17-18H,1-2,9-10H2. The summed E-state index contributed by atoms with van der Waals surface area (Å²) in [6.07, 6.45) is 3.31. The van der Waals surface area contributed by atoms with Crippen molar-refractivity contribution in [1.29, 1.82) is 0 Å². The van der Waals surface area contributed by atoms with Gasteiger partial charge in [0, 0.05) is 20.9 Å². The van der Waals surface area contributed by atoms with E-state index in [0.717, 1.165) is 25.7 Å². The highest BCUT2D eigenvalue weighted by Gasteiger charge is 2.31. The summed E-state index contributed by atoms with van der Waals surface area (Å²) in [4.78, 5) is 25.0. The summed E-state index contributed by atoms with van der Waals surface area (Å²) < 4.78 is 5.71. The van der Waals surface area contributed by atoms with E-state index >= 15 is 0 Å². The van der Waals surface area contributed by atoms with Gasteiger partial charge in [0.2, 0.25) is 5.12 Å². The Kier molecular flexibility index (Phi) is 6.63. The van der Waals surface area contributed by atoms with Gasteiger partial charge in [-0.25, -0.2) is 4.79 Å². The van der Waals surface area contributed by atoms with E-state index in [1.807, 2.05) is 0 Å². The minimum absolute atomic E-state index is 0.0526. The van der Waals surface area contributed by atoms with Crippen molar-refractivity contribution < 1.29 is 14.3 Å². The number of benzene rings is 2. The number of rotatable bonds is 4. The fourth-order valence-electron chi connectivity index (χ4n) is 2.97. The molecule has 0 spiro atoms. The number of halogens is 2. The molecule has 0 radical (unpaired) electrons. The Morgan fingerprint density at radius 3 is 2.23 bits per heavy atom. The van der Waals surface area contributed by atoms with Gasteiger partial charge in [-0.1, -0.05) is 59.6 Å². The first-order valence-electron chi connectivity index (χ1n) is 8.46. The molecular weight excluding hydrogens is 391 g/mol. The Labute approximate surface area is 167 Å². The molecule has 0 aromatic heterocycles. The quantitative estimate of drug-likeness (QED) is 0.578. The molecule has 0 aliphatic heterocycles. The summed E-state index contributed by atoms with van der Waals surface area (Å²) in [5.41, 5.74) is 0.987. The Hall–Kier alpha value is -1.49. The molecule has 0 saturated heterocycles. The van der Waals surface area contributed by atoms with E-state index in [0.29, 0.717) is 21.2 Å². The van der Waals surface area contributed by atoms with Gasteiger partial charge >= 0.3 is 5.97 Å². The molecule has 0 amide bonds. The van der Waals surface area contributed by atoms with E-state index in [4.69, 9.17) is 27.9 Å². The van der Waals surface area contributed by atoms with Crippen LogP contribution in [0.3, 0.4) is 0 Å². The first kappa shape index (κ1) is 19.3. The summed E-state index contributed by atoms with van der Waals surface area (Å²) in [5.74, 6) is -0.403. The fourth-order valence-corrected chi connectivity index (χ4v) is 4.52. The maximum Gasteiger partial charge on any atom is 0.338 e. The predicted octanol–water partition coefficient (Wildman–Crippen LogP) is 6.04. The molecular formula is C20H18Cl2O3S. The molecule has 1 aliphatic carbocycles. The van der Waals surface area contributed by atoms with Gasteiger partial charge in [0.05, 0.1) is 5.56 Å². The van der Waals surface area contributed by atoms with Crippen LogP contribution >= 0.6 is 35.0 Å². The summed E-state index contributed by atoms with van der Waals surface area (Å²) in [7, 11) is 0. The Balaban J connectivity index is 1.67. The van der Waals surface area contributed by atoms with Crippen LogP contribution in [0.5, 0.6) is 0 Å². The average molecular weight is 409 g/mol. The molecule has 0 bridgehead atoms. The van der Waals surface area contributed by atoms with Crippen LogP contribution in [0.4, 0.5) is 0 Å². The maximum atomic E-state index is 12.6. The first-order chi connectivity index (χ1) is 12.5. The Morgan fingerprint density at radius 1 is 0.923 bits per heavy atom. The molecule has 2 unspecified atom stereocenters. The van der Waals surface area contributed by atoms with Gasteiger partial charge in [-0.3, -0.25) is 4.79 Å². The van der Waals surface area contributed by atoms with Crippen LogP contribution in [0, 0.1) is 0 Å². The molecule has 2 aromatic rings. The van der Waals surface area contributed by atoms with E-state index in [2.05, 4.69) is 0 Å². The van der Waals surface area contributed by atoms with Crippen molar-refractivity contribution in [2.24, 2.45) is 0 Å². The third-order valence-corrected chi connectivity index (χ3v) is 6.04. The maximum absolute atomic E-state index is 12.6. The number of hydrogen-bond acceptors (Lipinski definition) is 4. The minimum Gasteiger partial charge on any atom is -0.458 e. The lowest BCUT2D eigenvalue weighted by Crippen LogP contribution is -2.33. The third-order valence-electron chi connectivity index (χ3n) is 4.28. The van der Waals surface area contributed by atoms with Crippen LogP contribution in [0.15, 0.2) is 48.5 Å². The van der Waals surface area contributed by atoms with Crippen molar-refractivity contribution in [3.8, 4) is 0 Å². The van der Waals surface area contributed by atoms with E-state index < -0.39 is 5.97 Å². The number of carbonyl (C=O) groups is 2. The van der Waals surface area contributed by atoms with Crippen molar-refractivity contribution in [3.05, 3.63) is 69.7 Å². The second-order valence-electron chi connectivity index (χ2n) is 6.19. The lowest BCUT2D eigenvalue weighted by molar-refractivity contribution is 0.0229. The molecule has 0 N–H and O–H groups in total. The highest BCUT2D eigenvalue weighted by atomic mass is 35.5. The van der Waals surface area contributed by atoms with Crippen molar-refractivity contribution in [2.45, 2.75) is 37.0 Å². The lowest BCUT2D eigenvalue weighted by atomic mass is 9.97. The van der Waals surface area contributed by atoms with Gasteiger partial charge in [-0.2, -0.15) is 0 Å².